The molecule has 0 aliphatic rings. The number of hydrogen-bond acceptors (Lipinski definition) is 8. The summed E-state index contributed by atoms with van der Waals surface area (Å²) in [5.74, 6) is -0.850. The number of carbonyl (C=O) groups excluding carboxylic acids is 2. The van der Waals surface area contributed by atoms with Crippen molar-refractivity contribution in [3.05, 3.63) is 36.5 Å². The molecule has 0 saturated heterocycles. The van der Waals surface area contributed by atoms with Gasteiger partial charge in [0.15, 0.2) is 6.10 Å². The van der Waals surface area contributed by atoms with E-state index in [0.29, 0.717) is 23.9 Å². The molecule has 0 bridgehead atoms. The Morgan fingerprint density at radius 2 is 1.04 bits per heavy atom. The Hall–Kier alpha value is -1.77. The molecule has 10 heteroatoms. The van der Waals surface area contributed by atoms with Crippen molar-refractivity contribution in [1.29, 1.82) is 0 Å². The van der Waals surface area contributed by atoms with Crippen molar-refractivity contribution < 1.29 is 42.1 Å². The molecule has 0 fully saturated rings. The first-order valence-corrected chi connectivity index (χ1v) is 23.7. The van der Waals surface area contributed by atoms with E-state index in [0.717, 1.165) is 64.2 Å². The lowest BCUT2D eigenvalue weighted by molar-refractivity contribution is -0.870. The Balaban J connectivity index is 4.36. The second-order valence-electron chi connectivity index (χ2n) is 16.0. The van der Waals surface area contributed by atoms with E-state index in [-0.39, 0.29) is 26.1 Å². The Labute approximate surface area is 338 Å². The molecule has 0 spiro atoms. The maximum atomic E-state index is 12.7. The molecule has 0 N–H and O–H groups in total. The molecule has 1 unspecified atom stereocenters. The number of phosphoric ester groups is 1. The molecule has 322 valence electrons. The van der Waals surface area contributed by atoms with Gasteiger partial charge in [-0.2, -0.15) is 0 Å². The van der Waals surface area contributed by atoms with E-state index < -0.39 is 32.5 Å². The predicted octanol–water partition coefficient (Wildman–Crippen LogP) is 11.9. The molecule has 9 nitrogen and oxygen atoms in total. The van der Waals surface area contributed by atoms with Crippen LogP contribution in [0.3, 0.4) is 0 Å². The Morgan fingerprint density at radius 3 is 1.55 bits per heavy atom. The van der Waals surface area contributed by atoms with Crippen LogP contribution in [0.5, 0.6) is 0 Å². The van der Waals surface area contributed by atoms with Crippen molar-refractivity contribution in [3.8, 4) is 0 Å². The summed E-state index contributed by atoms with van der Waals surface area (Å²) in [5, 5.41) is 0. The van der Waals surface area contributed by atoms with Crippen LogP contribution in [-0.2, 0) is 32.7 Å². The third-order valence-corrected chi connectivity index (χ3v) is 10.4. The number of allylic oxidation sites excluding steroid dienone is 6. The average molecular weight is 798 g/mol. The van der Waals surface area contributed by atoms with Gasteiger partial charge in [0.2, 0.25) is 0 Å². The zero-order valence-corrected chi connectivity index (χ0v) is 37.0. The van der Waals surface area contributed by atoms with Gasteiger partial charge in [-0.05, 0) is 44.9 Å². The van der Waals surface area contributed by atoms with Crippen LogP contribution in [0.25, 0.3) is 0 Å². The molecule has 0 amide bonds. The van der Waals surface area contributed by atoms with E-state index in [9.17, 15) is 19.0 Å². The summed E-state index contributed by atoms with van der Waals surface area (Å²) in [7, 11) is 1.16. The molecule has 0 heterocycles. The summed E-state index contributed by atoms with van der Waals surface area (Å²) in [6.07, 6.45) is 41.6. The van der Waals surface area contributed by atoms with Crippen molar-refractivity contribution >= 4 is 19.8 Å². The summed E-state index contributed by atoms with van der Waals surface area (Å²) < 4.78 is 33.9. The third kappa shape index (κ3) is 41.7. The summed E-state index contributed by atoms with van der Waals surface area (Å²) in [4.78, 5) is 37.5. The molecule has 55 heavy (non-hydrogen) atoms. The van der Waals surface area contributed by atoms with Crippen LogP contribution in [0.2, 0.25) is 0 Å². The topological polar surface area (TPSA) is 111 Å². The number of unbranched alkanes of at least 4 members (excludes halogenated alkanes) is 20. The standard InChI is InChI=1S/C45H84NO8P/c1-6-8-10-12-14-16-18-20-22-24-26-28-30-32-34-36-38-45(48)54-43(42-53-55(49,50)52-40-39-46(3,4)5)41-51-44(47)37-35-33-31-29-27-25-23-21-19-17-15-13-11-9-7-2/h9,11,15,17,21,23,43H,6-8,10,12-14,16,18-20,22,24-42H2,1-5H3/b11-9+,17-15+,23-21+/t43-/m1/s1. The van der Waals surface area contributed by atoms with Gasteiger partial charge in [0.25, 0.3) is 7.82 Å². The monoisotopic (exact) mass is 798 g/mol. The summed E-state index contributed by atoms with van der Waals surface area (Å²) in [6, 6.07) is 0. The van der Waals surface area contributed by atoms with Gasteiger partial charge < -0.3 is 27.9 Å². The first-order chi connectivity index (χ1) is 26.5. The molecule has 0 aromatic carbocycles. The molecule has 0 rings (SSSR count). The number of ether oxygens (including phenoxy) is 2. The van der Waals surface area contributed by atoms with Gasteiger partial charge in [-0.1, -0.05) is 166 Å². The second kappa shape index (κ2) is 37.8. The van der Waals surface area contributed by atoms with Gasteiger partial charge in [-0.3, -0.25) is 14.2 Å². The number of quaternary nitrogens is 1. The molecular formula is C45H84NO8P. The van der Waals surface area contributed by atoms with Gasteiger partial charge in [0, 0.05) is 12.8 Å². The van der Waals surface area contributed by atoms with Crippen LogP contribution >= 0.6 is 7.82 Å². The van der Waals surface area contributed by atoms with Crippen molar-refractivity contribution in [2.45, 2.75) is 193 Å². The maximum Gasteiger partial charge on any atom is 0.306 e. The molecule has 0 radical (unpaired) electrons. The van der Waals surface area contributed by atoms with Gasteiger partial charge in [-0.15, -0.1) is 0 Å². The van der Waals surface area contributed by atoms with Gasteiger partial charge in [0.05, 0.1) is 27.7 Å². The van der Waals surface area contributed by atoms with E-state index in [1.54, 1.807) is 0 Å². The predicted molar refractivity (Wildman–Crippen MR) is 227 cm³/mol. The minimum atomic E-state index is -4.63. The Bertz CT molecular complexity index is 1040. The summed E-state index contributed by atoms with van der Waals surface area (Å²) in [6.45, 7) is 4.11. The number of likely N-dealkylation sites (N-methyl/N-ethyl adjacent to an activating group) is 1. The zero-order valence-electron chi connectivity index (χ0n) is 36.1. The SMILES string of the molecule is CC/C=C/C/C=C/C/C=C/CCCCCCCC(=O)OC[C@H](COP(=O)([O-])OCC[N+](C)(C)C)OC(=O)CCCCCCCCCCCCCCCCCC. The average Bonchev–Trinajstić information content (AvgIpc) is 3.13. The van der Waals surface area contributed by atoms with Crippen molar-refractivity contribution in [2.24, 2.45) is 0 Å². The van der Waals surface area contributed by atoms with Crippen LogP contribution in [0.4, 0.5) is 0 Å². The van der Waals surface area contributed by atoms with Crippen molar-refractivity contribution in [1.82, 2.24) is 0 Å². The molecular weight excluding hydrogens is 713 g/mol. The number of esters is 2. The number of carbonyl (C=O) groups is 2. The fourth-order valence-electron chi connectivity index (χ4n) is 5.96. The van der Waals surface area contributed by atoms with Crippen molar-refractivity contribution in [3.63, 3.8) is 0 Å². The van der Waals surface area contributed by atoms with Crippen LogP contribution in [-0.4, -0.2) is 70.0 Å². The fourth-order valence-corrected chi connectivity index (χ4v) is 6.69. The van der Waals surface area contributed by atoms with Crippen LogP contribution < -0.4 is 4.89 Å². The number of phosphoric acid groups is 1. The van der Waals surface area contributed by atoms with E-state index >= 15 is 0 Å². The fraction of sp³-hybridized carbons (Fsp3) is 0.822. The molecule has 2 atom stereocenters. The highest BCUT2D eigenvalue weighted by molar-refractivity contribution is 7.45. The number of hydrogen-bond donors (Lipinski definition) is 0. The molecule has 0 aromatic heterocycles. The van der Waals surface area contributed by atoms with E-state index in [2.05, 4.69) is 50.3 Å². The van der Waals surface area contributed by atoms with Crippen molar-refractivity contribution in [2.75, 3.05) is 47.5 Å². The second-order valence-corrected chi connectivity index (χ2v) is 17.4. The van der Waals surface area contributed by atoms with Crippen LogP contribution in [0, 0.1) is 0 Å². The van der Waals surface area contributed by atoms with Crippen LogP contribution in [0.15, 0.2) is 36.5 Å². The minimum absolute atomic E-state index is 0.0330. The highest BCUT2D eigenvalue weighted by Crippen LogP contribution is 2.38. The highest BCUT2D eigenvalue weighted by Gasteiger charge is 2.21. The van der Waals surface area contributed by atoms with Crippen LogP contribution in [0.1, 0.15) is 187 Å². The van der Waals surface area contributed by atoms with Gasteiger partial charge >= 0.3 is 11.9 Å². The van der Waals surface area contributed by atoms with E-state index in [1.807, 2.05) is 21.1 Å². The molecule has 0 aliphatic heterocycles. The van der Waals surface area contributed by atoms with E-state index in [1.165, 1.54) is 83.5 Å². The minimum Gasteiger partial charge on any atom is -0.756 e. The van der Waals surface area contributed by atoms with Gasteiger partial charge in [-0.25, -0.2) is 0 Å². The highest BCUT2D eigenvalue weighted by atomic mass is 31.2. The Kier molecular flexibility index (Phi) is 36.6. The lowest BCUT2D eigenvalue weighted by Crippen LogP contribution is -2.37. The summed E-state index contributed by atoms with van der Waals surface area (Å²) >= 11 is 0. The molecule has 0 aromatic rings. The first-order valence-electron chi connectivity index (χ1n) is 22.2. The summed E-state index contributed by atoms with van der Waals surface area (Å²) in [5.41, 5.74) is 0. The quantitative estimate of drug-likeness (QED) is 0.0198. The Morgan fingerprint density at radius 1 is 0.582 bits per heavy atom. The van der Waals surface area contributed by atoms with Gasteiger partial charge in [0.1, 0.15) is 19.8 Å². The van der Waals surface area contributed by atoms with E-state index in [4.69, 9.17) is 18.5 Å². The lowest BCUT2D eigenvalue weighted by Gasteiger charge is -2.28. The number of nitrogens with zero attached hydrogens (tertiary/aromatic N) is 1. The zero-order chi connectivity index (χ0) is 40.7. The first kappa shape index (κ1) is 53.2. The lowest BCUT2D eigenvalue weighted by atomic mass is 10.0. The maximum absolute atomic E-state index is 12.7. The smallest absolute Gasteiger partial charge is 0.306 e. The number of rotatable bonds is 40. The normalized spacial score (nSPS) is 13.9. The third-order valence-electron chi connectivity index (χ3n) is 9.42. The molecule has 0 aliphatic carbocycles. The largest absolute Gasteiger partial charge is 0.756 e. The molecule has 0 saturated carbocycles.